The molecule has 2 unspecified atom stereocenters. The highest BCUT2D eigenvalue weighted by Gasteiger charge is 2.42. The van der Waals surface area contributed by atoms with Crippen LogP contribution in [0.1, 0.15) is 29.2 Å². The second-order valence-corrected chi connectivity index (χ2v) is 8.03. The Bertz CT molecular complexity index is 1220. The molecule has 0 radical (unpaired) electrons. The summed E-state index contributed by atoms with van der Waals surface area (Å²) in [4.78, 5) is 11.1. The van der Waals surface area contributed by atoms with Gasteiger partial charge in [-0.15, -0.1) is 0 Å². The van der Waals surface area contributed by atoms with Crippen LogP contribution in [0.15, 0.2) is 85.3 Å². The van der Waals surface area contributed by atoms with E-state index in [1.807, 2.05) is 60.9 Å². The molecule has 1 N–H and O–H groups in total. The third-order valence-corrected chi connectivity index (χ3v) is 6.08. The number of aromatic nitrogens is 3. The first-order valence-corrected chi connectivity index (χ1v) is 10.8. The Hall–Kier alpha value is -3.71. The van der Waals surface area contributed by atoms with E-state index < -0.39 is 0 Å². The van der Waals surface area contributed by atoms with E-state index in [0.29, 0.717) is 5.11 Å². The molecule has 32 heavy (non-hydrogen) atoms. The van der Waals surface area contributed by atoms with Gasteiger partial charge in [0.05, 0.1) is 30.7 Å². The van der Waals surface area contributed by atoms with Crippen molar-refractivity contribution in [1.29, 1.82) is 0 Å². The normalized spacial score (nSPS) is 17.9. The van der Waals surface area contributed by atoms with Crippen LogP contribution in [-0.4, -0.2) is 26.8 Å². The quantitative estimate of drug-likeness (QED) is 0.451. The molecule has 0 aliphatic carbocycles. The van der Waals surface area contributed by atoms with Crippen LogP contribution in [0.4, 0.5) is 5.69 Å². The van der Waals surface area contributed by atoms with Gasteiger partial charge in [0.15, 0.2) is 5.11 Å². The third-order valence-electron chi connectivity index (χ3n) is 5.76. The molecule has 0 saturated carbocycles. The van der Waals surface area contributed by atoms with E-state index in [2.05, 4.69) is 49.9 Å². The Morgan fingerprint density at radius 1 is 0.938 bits per heavy atom. The number of nitrogens with one attached hydrogen (secondary N) is 1. The molecular weight excluding hydrogens is 418 g/mol. The summed E-state index contributed by atoms with van der Waals surface area (Å²) in [7, 11) is 1.67. The largest absolute Gasteiger partial charge is 0.497 e. The van der Waals surface area contributed by atoms with Gasteiger partial charge < -0.3 is 19.5 Å². The summed E-state index contributed by atoms with van der Waals surface area (Å²) in [6, 6.07) is 22.0. The van der Waals surface area contributed by atoms with Crippen molar-refractivity contribution in [3.8, 4) is 11.4 Å². The van der Waals surface area contributed by atoms with Crippen LogP contribution in [0, 0.1) is 6.92 Å². The highest BCUT2D eigenvalue weighted by molar-refractivity contribution is 7.80. The van der Waals surface area contributed by atoms with E-state index in [4.69, 9.17) is 17.0 Å². The minimum Gasteiger partial charge on any atom is -0.497 e. The van der Waals surface area contributed by atoms with Gasteiger partial charge >= 0.3 is 0 Å². The van der Waals surface area contributed by atoms with Crippen LogP contribution in [-0.2, 0) is 0 Å². The maximum Gasteiger partial charge on any atom is 0.174 e. The molecule has 4 aromatic rings. The van der Waals surface area contributed by atoms with E-state index in [0.717, 1.165) is 34.2 Å². The fourth-order valence-corrected chi connectivity index (χ4v) is 4.65. The van der Waals surface area contributed by atoms with Crippen molar-refractivity contribution in [2.75, 3.05) is 12.0 Å². The van der Waals surface area contributed by atoms with Crippen LogP contribution in [0.5, 0.6) is 5.75 Å². The molecule has 1 fully saturated rings. The minimum absolute atomic E-state index is 0.111. The standard InChI is InChI=1S/C25H23N5OS/c1-17-8-13-22(29(17)19-6-5-14-26-16-19)24-23(21-7-3-4-15-27-21)28-25(32)30(24)18-9-11-20(31-2)12-10-18/h3-16,23-24H,1-2H3,(H,28,32). The van der Waals surface area contributed by atoms with Gasteiger partial charge in [0.1, 0.15) is 11.8 Å². The van der Waals surface area contributed by atoms with Crippen LogP contribution in [0.25, 0.3) is 5.69 Å². The van der Waals surface area contributed by atoms with Crippen molar-refractivity contribution in [3.05, 3.63) is 102 Å². The van der Waals surface area contributed by atoms with Crippen molar-refractivity contribution < 1.29 is 4.74 Å². The van der Waals surface area contributed by atoms with E-state index in [-0.39, 0.29) is 12.1 Å². The second-order valence-electron chi connectivity index (χ2n) is 7.64. The summed E-state index contributed by atoms with van der Waals surface area (Å²) in [6.45, 7) is 2.10. The van der Waals surface area contributed by atoms with Crippen LogP contribution >= 0.6 is 12.2 Å². The number of aryl methyl sites for hydroxylation is 1. The van der Waals surface area contributed by atoms with E-state index in [1.165, 1.54) is 0 Å². The number of anilines is 1. The number of benzene rings is 1. The second kappa shape index (κ2) is 8.43. The van der Waals surface area contributed by atoms with Crippen LogP contribution < -0.4 is 15.0 Å². The maximum atomic E-state index is 5.84. The van der Waals surface area contributed by atoms with Crippen molar-refractivity contribution in [2.45, 2.75) is 19.0 Å². The van der Waals surface area contributed by atoms with E-state index in [9.17, 15) is 0 Å². The molecule has 7 heteroatoms. The molecule has 6 nitrogen and oxygen atoms in total. The molecule has 5 rings (SSSR count). The zero-order chi connectivity index (χ0) is 22.1. The molecule has 2 atom stereocenters. The number of thiocarbonyl (C=S) groups is 1. The zero-order valence-electron chi connectivity index (χ0n) is 17.8. The van der Waals surface area contributed by atoms with Gasteiger partial charge in [0, 0.05) is 29.5 Å². The van der Waals surface area contributed by atoms with Gasteiger partial charge in [-0.25, -0.2) is 0 Å². The lowest BCUT2D eigenvalue weighted by atomic mass is 10.0. The molecular formula is C25H23N5OS. The highest BCUT2D eigenvalue weighted by Crippen LogP contribution is 2.42. The Morgan fingerprint density at radius 2 is 1.78 bits per heavy atom. The summed E-state index contributed by atoms with van der Waals surface area (Å²) < 4.78 is 7.59. The van der Waals surface area contributed by atoms with Crippen molar-refractivity contribution in [1.82, 2.24) is 19.9 Å². The molecule has 1 aliphatic rings. The van der Waals surface area contributed by atoms with Gasteiger partial charge in [-0.3, -0.25) is 9.97 Å². The molecule has 1 saturated heterocycles. The SMILES string of the molecule is COc1ccc(N2C(=S)NC(c3ccccn3)C2c2ccc(C)n2-c2cccnc2)cc1. The lowest BCUT2D eigenvalue weighted by Gasteiger charge is -2.29. The average molecular weight is 442 g/mol. The zero-order valence-corrected chi connectivity index (χ0v) is 18.7. The molecule has 0 spiro atoms. The molecule has 1 aromatic carbocycles. The first-order chi connectivity index (χ1) is 15.7. The third kappa shape index (κ3) is 3.50. The lowest BCUT2D eigenvalue weighted by molar-refractivity contribution is 0.415. The molecule has 160 valence electrons. The smallest absolute Gasteiger partial charge is 0.174 e. The van der Waals surface area contributed by atoms with Gasteiger partial charge in [-0.05, 0) is 79.8 Å². The lowest BCUT2D eigenvalue weighted by Crippen LogP contribution is -2.30. The fraction of sp³-hybridized carbons (Fsp3) is 0.160. The van der Waals surface area contributed by atoms with Gasteiger partial charge in [0.25, 0.3) is 0 Å². The number of nitrogens with zero attached hydrogens (tertiary/aromatic N) is 4. The highest BCUT2D eigenvalue weighted by atomic mass is 32.1. The number of rotatable bonds is 5. The number of hydrogen-bond donors (Lipinski definition) is 1. The average Bonchev–Trinajstić information content (AvgIpc) is 3.39. The molecule has 3 aromatic heterocycles. The summed E-state index contributed by atoms with van der Waals surface area (Å²) in [5.74, 6) is 0.805. The van der Waals surface area contributed by atoms with Crippen LogP contribution in [0.2, 0.25) is 0 Å². The molecule has 0 bridgehead atoms. The first kappa shape index (κ1) is 20.2. The molecule has 0 amide bonds. The topological polar surface area (TPSA) is 55.2 Å². The Morgan fingerprint density at radius 3 is 2.47 bits per heavy atom. The summed E-state index contributed by atoms with van der Waals surface area (Å²) in [6.07, 6.45) is 5.48. The Labute approximate surface area is 192 Å². The molecule has 4 heterocycles. The van der Waals surface area contributed by atoms with Crippen LogP contribution in [0.3, 0.4) is 0 Å². The predicted molar refractivity (Wildman–Crippen MR) is 129 cm³/mol. The number of hydrogen-bond acceptors (Lipinski definition) is 4. The first-order valence-electron chi connectivity index (χ1n) is 10.4. The maximum absolute atomic E-state index is 5.84. The summed E-state index contributed by atoms with van der Waals surface area (Å²) in [5.41, 5.74) is 5.17. The van der Waals surface area contributed by atoms with E-state index >= 15 is 0 Å². The van der Waals surface area contributed by atoms with Crippen molar-refractivity contribution >= 4 is 23.0 Å². The monoisotopic (exact) mass is 441 g/mol. The van der Waals surface area contributed by atoms with Gasteiger partial charge in [0.2, 0.25) is 0 Å². The molecule has 1 aliphatic heterocycles. The predicted octanol–water partition coefficient (Wildman–Crippen LogP) is 4.76. The van der Waals surface area contributed by atoms with Gasteiger partial charge in [-0.2, -0.15) is 0 Å². The fourth-order valence-electron chi connectivity index (χ4n) is 4.30. The van der Waals surface area contributed by atoms with Crippen molar-refractivity contribution in [2.24, 2.45) is 0 Å². The number of pyridine rings is 2. The Kier molecular flexibility index (Phi) is 5.33. The number of ether oxygens (including phenoxy) is 1. The Balaban J connectivity index is 1.68. The van der Waals surface area contributed by atoms with Gasteiger partial charge in [-0.1, -0.05) is 6.07 Å². The summed E-state index contributed by atoms with van der Waals surface area (Å²) >= 11 is 5.84. The number of methoxy groups -OCH3 is 1. The van der Waals surface area contributed by atoms with Crippen molar-refractivity contribution in [3.63, 3.8) is 0 Å². The van der Waals surface area contributed by atoms with E-state index in [1.54, 1.807) is 13.3 Å². The summed E-state index contributed by atoms with van der Waals surface area (Å²) in [5, 5.41) is 4.18. The minimum atomic E-state index is -0.115.